The van der Waals surface area contributed by atoms with Gasteiger partial charge in [0.05, 0.1) is 0 Å². The fourth-order valence-corrected chi connectivity index (χ4v) is 3.76. The maximum absolute atomic E-state index is 13.4. The summed E-state index contributed by atoms with van der Waals surface area (Å²) in [5.41, 5.74) is 6.29. The highest BCUT2D eigenvalue weighted by atomic mass is 19.1. The van der Waals surface area contributed by atoms with Crippen LogP contribution in [-0.2, 0) is 0 Å². The molecule has 2 N–H and O–H groups in total. The first kappa shape index (κ1) is 14.3. The van der Waals surface area contributed by atoms with E-state index in [1.165, 1.54) is 25.0 Å². The predicted octanol–water partition coefficient (Wildman–Crippen LogP) is 1.96. The number of likely N-dealkylation sites (tertiary alicyclic amines) is 2. The van der Waals surface area contributed by atoms with Crippen LogP contribution >= 0.6 is 0 Å². The third-order valence-electron chi connectivity index (χ3n) is 4.80. The van der Waals surface area contributed by atoms with Crippen LogP contribution in [0.4, 0.5) is 10.1 Å². The number of carbonyl (C=O) groups excluding carboxylic acids is 1. The maximum Gasteiger partial charge on any atom is 0.254 e. The van der Waals surface area contributed by atoms with Crippen LogP contribution in [0, 0.1) is 11.7 Å². The molecule has 1 aromatic rings. The SMILES string of the molecule is CN1CCCC2CN(C(=O)c3cc(N)cc(F)c3)CCC21. The van der Waals surface area contributed by atoms with Crippen molar-refractivity contribution in [2.24, 2.45) is 5.92 Å². The van der Waals surface area contributed by atoms with Crippen LogP contribution in [-0.4, -0.2) is 48.4 Å². The van der Waals surface area contributed by atoms with Crippen LogP contribution in [0.2, 0.25) is 0 Å². The number of carbonyl (C=O) groups is 1. The third-order valence-corrected chi connectivity index (χ3v) is 4.80. The fraction of sp³-hybridized carbons (Fsp3) is 0.562. The predicted molar refractivity (Wildman–Crippen MR) is 80.5 cm³/mol. The molecule has 2 aliphatic rings. The lowest BCUT2D eigenvalue weighted by molar-refractivity contribution is 0.0316. The van der Waals surface area contributed by atoms with Gasteiger partial charge in [-0.3, -0.25) is 4.79 Å². The molecule has 21 heavy (non-hydrogen) atoms. The molecule has 5 heteroatoms. The number of fused-ring (bicyclic) bond motifs is 1. The number of nitrogens with zero attached hydrogens (tertiary/aromatic N) is 2. The van der Waals surface area contributed by atoms with Crippen molar-refractivity contribution >= 4 is 11.6 Å². The lowest BCUT2D eigenvalue weighted by Gasteiger charge is -2.46. The van der Waals surface area contributed by atoms with Crippen LogP contribution < -0.4 is 5.73 Å². The molecule has 1 aromatic carbocycles. The van der Waals surface area contributed by atoms with Crippen molar-refractivity contribution in [1.29, 1.82) is 0 Å². The molecule has 0 aliphatic carbocycles. The maximum atomic E-state index is 13.4. The number of hydrogen-bond acceptors (Lipinski definition) is 3. The van der Waals surface area contributed by atoms with Crippen LogP contribution in [0.25, 0.3) is 0 Å². The summed E-state index contributed by atoms with van der Waals surface area (Å²) in [5, 5.41) is 0. The Morgan fingerprint density at radius 2 is 2.10 bits per heavy atom. The average molecular weight is 291 g/mol. The Morgan fingerprint density at radius 1 is 1.29 bits per heavy atom. The van der Waals surface area contributed by atoms with Crippen LogP contribution in [0.1, 0.15) is 29.6 Å². The van der Waals surface area contributed by atoms with Crippen molar-refractivity contribution in [3.8, 4) is 0 Å². The summed E-state index contributed by atoms with van der Waals surface area (Å²) in [4.78, 5) is 16.8. The highest BCUT2D eigenvalue weighted by molar-refractivity contribution is 5.95. The molecule has 2 atom stereocenters. The van der Waals surface area contributed by atoms with Gasteiger partial charge in [-0.1, -0.05) is 0 Å². The molecule has 3 rings (SSSR count). The van der Waals surface area contributed by atoms with Crippen molar-refractivity contribution in [2.45, 2.75) is 25.3 Å². The number of piperidine rings is 2. The number of halogens is 1. The van der Waals surface area contributed by atoms with Crippen LogP contribution in [0.3, 0.4) is 0 Å². The fourth-order valence-electron chi connectivity index (χ4n) is 3.76. The minimum atomic E-state index is -0.453. The van der Waals surface area contributed by atoms with E-state index in [4.69, 9.17) is 5.73 Å². The lowest BCUT2D eigenvalue weighted by atomic mass is 9.84. The Morgan fingerprint density at radius 3 is 2.86 bits per heavy atom. The van der Waals surface area contributed by atoms with Gasteiger partial charge in [0.2, 0.25) is 0 Å². The van der Waals surface area contributed by atoms with Crippen molar-refractivity contribution in [3.05, 3.63) is 29.6 Å². The van der Waals surface area contributed by atoms with E-state index >= 15 is 0 Å². The van der Waals surface area contributed by atoms with E-state index in [0.29, 0.717) is 23.2 Å². The zero-order valence-corrected chi connectivity index (χ0v) is 12.4. The first-order chi connectivity index (χ1) is 10.0. The molecule has 0 saturated carbocycles. The average Bonchev–Trinajstić information content (AvgIpc) is 2.45. The number of nitrogen functional groups attached to an aromatic ring is 1. The largest absolute Gasteiger partial charge is 0.399 e. The number of nitrogens with two attached hydrogens (primary N) is 1. The molecule has 2 unspecified atom stereocenters. The summed E-state index contributed by atoms with van der Waals surface area (Å²) in [6.45, 7) is 2.65. The second kappa shape index (κ2) is 5.64. The van der Waals surface area contributed by atoms with Gasteiger partial charge >= 0.3 is 0 Å². The number of benzene rings is 1. The normalized spacial score (nSPS) is 26.5. The van der Waals surface area contributed by atoms with Crippen molar-refractivity contribution < 1.29 is 9.18 Å². The highest BCUT2D eigenvalue weighted by Gasteiger charge is 2.35. The molecule has 2 saturated heterocycles. The number of hydrogen-bond donors (Lipinski definition) is 1. The highest BCUT2D eigenvalue weighted by Crippen LogP contribution is 2.30. The molecular weight excluding hydrogens is 269 g/mol. The topological polar surface area (TPSA) is 49.6 Å². The second-order valence-electron chi connectivity index (χ2n) is 6.26. The van der Waals surface area contributed by atoms with Crippen molar-refractivity contribution in [2.75, 3.05) is 32.4 Å². The molecule has 2 fully saturated rings. The van der Waals surface area contributed by atoms with E-state index in [-0.39, 0.29) is 5.91 Å². The van der Waals surface area contributed by atoms with Gasteiger partial charge in [0.15, 0.2) is 0 Å². The minimum absolute atomic E-state index is 0.104. The molecule has 114 valence electrons. The van der Waals surface area contributed by atoms with E-state index < -0.39 is 5.82 Å². The van der Waals surface area contributed by atoms with Gasteiger partial charge in [-0.2, -0.15) is 0 Å². The first-order valence-corrected chi connectivity index (χ1v) is 7.60. The van der Waals surface area contributed by atoms with Gasteiger partial charge in [-0.05, 0) is 57.0 Å². The molecule has 1 amide bonds. The molecule has 0 bridgehead atoms. The summed E-state index contributed by atoms with van der Waals surface area (Å²) < 4.78 is 13.4. The first-order valence-electron chi connectivity index (χ1n) is 7.60. The summed E-state index contributed by atoms with van der Waals surface area (Å²) in [7, 11) is 2.17. The van der Waals surface area contributed by atoms with Crippen LogP contribution in [0.5, 0.6) is 0 Å². The Bertz CT molecular complexity index is 528. The summed E-state index contributed by atoms with van der Waals surface area (Å²) in [6.07, 6.45) is 3.36. The summed E-state index contributed by atoms with van der Waals surface area (Å²) in [5.74, 6) is -0.0223. The zero-order chi connectivity index (χ0) is 15.0. The lowest BCUT2D eigenvalue weighted by Crippen LogP contribution is -2.53. The molecule has 0 aromatic heterocycles. The summed E-state index contributed by atoms with van der Waals surface area (Å²) >= 11 is 0. The number of anilines is 1. The van der Waals surface area contributed by atoms with Gasteiger partial charge in [-0.15, -0.1) is 0 Å². The monoisotopic (exact) mass is 291 g/mol. The molecule has 0 spiro atoms. The summed E-state index contributed by atoms with van der Waals surface area (Å²) in [6, 6.07) is 4.65. The standard InChI is InChI=1S/C16H22FN3O/c1-19-5-2-3-11-10-20(6-4-15(11)19)16(21)12-7-13(17)9-14(18)8-12/h7-9,11,15H,2-6,10,18H2,1H3. The van der Waals surface area contributed by atoms with E-state index in [0.717, 1.165) is 26.1 Å². The Labute approximate surface area is 124 Å². The molecular formula is C16H22FN3O. The van der Waals surface area contributed by atoms with Gasteiger partial charge in [-0.25, -0.2) is 4.39 Å². The molecule has 0 radical (unpaired) electrons. The van der Waals surface area contributed by atoms with Gasteiger partial charge < -0.3 is 15.5 Å². The molecule has 2 heterocycles. The van der Waals surface area contributed by atoms with Gasteiger partial charge in [0, 0.05) is 30.4 Å². The van der Waals surface area contributed by atoms with E-state index in [9.17, 15) is 9.18 Å². The van der Waals surface area contributed by atoms with Gasteiger partial charge in [0.1, 0.15) is 5.82 Å². The Hall–Kier alpha value is -1.62. The van der Waals surface area contributed by atoms with Crippen LogP contribution in [0.15, 0.2) is 18.2 Å². The second-order valence-corrected chi connectivity index (χ2v) is 6.26. The van der Waals surface area contributed by atoms with E-state index in [2.05, 4.69) is 11.9 Å². The smallest absolute Gasteiger partial charge is 0.254 e. The quantitative estimate of drug-likeness (QED) is 0.805. The van der Waals surface area contributed by atoms with Crippen molar-refractivity contribution in [1.82, 2.24) is 9.80 Å². The minimum Gasteiger partial charge on any atom is -0.399 e. The zero-order valence-electron chi connectivity index (χ0n) is 12.4. The molecule has 2 aliphatic heterocycles. The van der Waals surface area contributed by atoms with Gasteiger partial charge in [0.25, 0.3) is 5.91 Å². The third kappa shape index (κ3) is 2.88. The molecule has 4 nitrogen and oxygen atoms in total. The van der Waals surface area contributed by atoms with E-state index in [1.54, 1.807) is 6.07 Å². The number of amides is 1. The Kier molecular flexibility index (Phi) is 3.85. The van der Waals surface area contributed by atoms with Crippen molar-refractivity contribution in [3.63, 3.8) is 0 Å². The Balaban J connectivity index is 1.74. The van der Waals surface area contributed by atoms with E-state index in [1.807, 2.05) is 4.90 Å². The number of rotatable bonds is 1.